The number of hydrogen-bond donors (Lipinski definition) is 0. The van der Waals surface area contributed by atoms with E-state index in [1.165, 1.54) is 18.4 Å². The highest BCUT2D eigenvalue weighted by atomic mass is 32.2. The molecule has 0 radical (unpaired) electrons. The Kier molecular flexibility index (Phi) is 5.56. The Labute approximate surface area is 172 Å². The fourth-order valence-electron chi connectivity index (χ4n) is 3.78. The molecule has 3 nitrogen and oxygen atoms in total. The number of hydrogen-bond acceptors (Lipinski definition) is 3. The summed E-state index contributed by atoms with van der Waals surface area (Å²) >= 11 is 0. The van der Waals surface area contributed by atoms with Gasteiger partial charge in [-0.25, -0.2) is 12.8 Å². The summed E-state index contributed by atoms with van der Waals surface area (Å²) in [5, 5.41) is 0. The summed E-state index contributed by atoms with van der Waals surface area (Å²) in [6.45, 7) is 7.70. The molecule has 0 heterocycles. The van der Waals surface area contributed by atoms with Crippen LogP contribution >= 0.6 is 0 Å². The van der Waals surface area contributed by atoms with E-state index in [1.54, 1.807) is 18.2 Å². The topological polar surface area (TPSA) is 51.2 Å². The number of Topliss-reactive ketones (excluding diaryl/α,β-unsaturated/α-hetero) is 1. The normalized spacial score (nSPS) is 16.8. The summed E-state index contributed by atoms with van der Waals surface area (Å²) in [6, 6.07) is 11.7. The molecule has 1 unspecified atom stereocenters. The number of sulfone groups is 1. The number of allylic oxidation sites excluding steroid dienone is 2. The van der Waals surface area contributed by atoms with Crippen molar-refractivity contribution in [2.24, 2.45) is 5.41 Å². The average molecular weight is 415 g/mol. The van der Waals surface area contributed by atoms with Crippen LogP contribution in [0.2, 0.25) is 0 Å². The van der Waals surface area contributed by atoms with E-state index in [4.69, 9.17) is 0 Å². The Bertz CT molecular complexity index is 1090. The summed E-state index contributed by atoms with van der Waals surface area (Å²) < 4.78 is 37.4. The maximum absolute atomic E-state index is 14.0. The number of ketones is 1. The van der Waals surface area contributed by atoms with Gasteiger partial charge >= 0.3 is 0 Å². The lowest BCUT2D eigenvalue weighted by Crippen LogP contribution is -2.20. The summed E-state index contributed by atoms with van der Waals surface area (Å²) in [5.41, 5.74) is 4.37. The standard InChI is InChI=1S/C24H27FO3S/c1-15-20(12-16-6-9-18(10-7-16)29(5,27)28)19-11-8-17(25)13-22(19)21(15)14-23(26)24(2,3)4/h6-11,13,20H,12,14H2,1-5H3. The van der Waals surface area contributed by atoms with E-state index in [9.17, 15) is 17.6 Å². The minimum atomic E-state index is -3.24. The van der Waals surface area contributed by atoms with Gasteiger partial charge in [-0.3, -0.25) is 4.79 Å². The molecule has 1 aliphatic rings. The molecular weight excluding hydrogens is 387 g/mol. The zero-order valence-electron chi connectivity index (χ0n) is 17.5. The monoisotopic (exact) mass is 414 g/mol. The Hall–Kier alpha value is -2.27. The molecule has 3 rings (SSSR count). The molecule has 0 saturated heterocycles. The van der Waals surface area contributed by atoms with Crippen LogP contribution in [0.4, 0.5) is 4.39 Å². The van der Waals surface area contributed by atoms with Gasteiger partial charge in [0.1, 0.15) is 11.6 Å². The van der Waals surface area contributed by atoms with Gasteiger partial charge in [0.05, 0.1) is 4.90 Å². The fourth-order valence-corrected chi connectivity index (χ4v) is 4.41. The van der Waals surface area contributed by atoms with Crippen LogP contribution in [0.3, 0.4) is 0 Å². The highest BCUT2D eigenvalue weighted by Crippen LogP contribution is 2.45. The van der Waals surface area contributed by atoms with Crippen molar-refractivity contribution in [1.82, 2.24) is 0 Å². The van der Waals surface area contributed by atoms with E-state index >= 15 is 0 Å². The summed E-state index contributed by atoms with van der Waals surface area (Å²) in [7, 11) is -3.24. The molecular formula is C24H27FO3S. The maximum atomic E-state index is 14.0. The van der Waals surface area contributed by atoms with E-state index in [0.717, 1.165) is 27.8 Å². The Morgan fingerprint density at radius 2 is 1.69 bits per heavy atom. The molecule has 0 aromatic heterocycles. The van der Waals surface area contributed by atoms with Gasteiger partial charge < -0.3 is 0 Å². The number of carbonyl (C=O) groups excluding carboxylic acids is 1. The van der Waals surface area contributed by atoms with Crippen LogP contribution in [-0.4, -0.2) is 20.5 Å². The van der Waals surface area contributed by atoms with Gasteiger partial charge in [-0.15, -0.1) is 0 Å². The van der Waals surface area contributed by atoms with Crippen molar-refractivity contribution in [3.8, 4) is 0 Å². The molecule has 2 aromatic carbocycles. The van der Waals surface area contributed by atoms with Crippen LogP contribution in [-0.2, 0) is 21.1 Å². The number of carbonyl (C=O) groups is 1. The molecule has 0 N–H and O–H groups in total. The number of rotatable bonds is 5. The molecule has 0 bridgehead atoms. The van der Waals surface area contributed by atoms with E-state index in [1.807, 2.05) is 39.8 Å². The highest BCUT2D eigenvalue weighted by molar-refractivity contribution is 7.90. The second-order valence-corrected chi connectivity index (χ2v) is 10.9. The van der Waals surface area contributed by atoms with Crippen molar-refractivity contribution in [3.63, 3.8) is 0 Å². The van der Waals surface area contributed by atoms with Gasteiger partial charge in [0.2, 0.25) is 0 Å². The molecule has 0 aliphatic heterocycles. The zero-order valence-corrected chi connectivity index (χ0v) is 18.4. The number of halogens is 1. The predicted molar refractivity (Wildman–Crippen MR) is 114 cm³/mol. The Morgan fingerprint density at radius 3 is 2.24 bits per heavy atom. The Morgan fingerprint density at radius 1 is 1.07 bits per heavy atom. The van der Waals surface area contributed by atoms with Crippen molar-refractivity contribution in [2.45, 2.75) is 51.3 Å². The van der Waals surface area contributed by atoms with Crippen molar-refractivity contribution < 1.29 is 17.6 Å². The SMILES string of the molecule is CC1=C(CC(=O)C(C)(C)C)c2cc(F)ccc2C1Cc1ccc(S(C)(=O)=O)cc1. The van der Waals surface area contributed by atoms with Crippen molar-refractivity contribution in [2.75, 3.05) is 6.26 Å². The van der Waals surface area contributed by atoms with Crippen LogP contribution < -0.4 is 0 Å². The summed E-state index contributed by atoms with van der Waals surface area (Å²) in [6.07, 6.45) is 2.15. The molecule has 5 heteroatoms. The highest BCUT2D eigenvalue weighted by Gasteiger charge is 2.32. The summed E-state index contributed by atoms with van der Waals surface area (Å²) in [5.74, 6) is -0.145. The largest absolute Gasteiger partial charge is 0.299 e. The first-order chi connectivity index (χ1) is 13.4. The zero-order chi connectivity index (χ0) is 21.6. The lowest BCUT2D eigenvalue weighted by Gasteiger charge is -2.18. The van der Waals surface area contributed by atoms with E-state index in [0.29, 0.717) is 11.3 Å². The lowest BCUT2D eigenvalue weighted by molar-refractivity contribution is -0.125. The van der Waals surface area contributed by atoms with E-state index in [-0.39, 0.29) is 23.9 Å². The molecule has 154 valence electrons. The Balaban J connectivity index is 1.97. The minimum Gasteiger partial charge on any atom is -0.299 e. The van der Waals surface area contributed by atoms with Crippen molar-refractivity contribution in [3.05, 3.63) is 70.5 Å². The first-order valence-corrected chi connectivity index (χ1v) is 11.6. The smallest absolute Gasteiger partial charge is 0.175 e. The number of fused-ring (bicyclic) bond motifs is 1. The van der Waals surface area contributed by atoms with Gasteiger partial charge in [-0.05, 0) is 59.9 Å². The van der Waals surface area contributed by atoms with E-state index in [2.05, 4.69) is 0 Å². The van der Waals surface area contributed by atoms with Gasteiger partial charge in [-0.2, -0.15) is 0 Å². The minimum absolute atomic E-state index is 0.0393. The van der Waals surface area contributed by atoms with Crippen molar-refractivity contribution in [1.29, 1.82) is 0 Å². The third-order valence-electron chi connectivity index (χ3n) is 5.68. The second kappa shape index (κ2) is 7.52. The molecule has 1 aliphatic carbocycles. The molecule has 0 spiro atoms. The van der Waals surface area contributed by atoms with Gasteiger partial charge in [0.15, 0.2) is 9.84 Å². The fraction of sp³-hybridized carbons (Fsp3) is 0.375. The lowest BCUT2D eigenvalue weighted by atomic mass is 9.85. The van der Waals surface area contributed by atoms with Gasteiger partial charge in [0, 0.05) is 24.0 Å². The van der Waals surface area contributed by atoms with Crippen LogP contribution in [0.5, 0.6) is 0 Å². The molecule has 2 aromatic rings. The van der Waals surface area contributed by atoms with Crippen LogP contribution in [0.1, 0.15) is 56.7 Å². The molecule has 29 heavy (non-hydrogen) atoms. The average Bonchev–Trinajstić information content (AvgIpc) is 2.86. The maximum Gasteiger partial charge on any atom is 0.175 e. The van der Waals surface area contributed by atoms with Gasteiger partial charge in [0.25, 0.3) is 0 Å². The first-order valence-electron chi connectivity index (χ1n) is 9.69. The molecule has 1 atom stereocenters. The van der Waals surface area contributed by atoms with Crippen molar-refractivity contribution >= 4 is 21.2 Å². The third-order valence-corrected chi connectivity index (χ3v) is 6.81. The number of benzene rings is 2. The molecule has 0 fully saturated rings. The van der Waals surface area contributed by atoms with Crippen LogP contribution in [0.25, 0.3) is 5.57 Å². The third kappa shape index (κ3) is 4.50. The molecule has 0 amide bonds. The predicted octanol–water partition coefficient (Wildman–Crippen LogP) is 5.35. The summed E-state index contributed by atoms with van der Waals surface area (Å²) in [4.78, 5) is 13.0. The van der Waals surface area contributed by atoms with Crippen LogP contribution in [0.15, 0.2) is 52.9 Å². The molecule has 0 saturated carbocycles. The first kappa shape index (κ1) is 21.4. The second-order valence-electron chi connectivity index (χ2n) is 8.92. The quantitative estimate of drug-likeness (QED) is 0.663. The van der Waals surface area contributed by atoms with E-state index < -0.39 is 15.3 Å². The van der Waals surface area contributed by atoms with Gasteiger partial charge in [-0.1, -0.05) is 44.5 Å². The van der Waals surface area contributed by atoms with Crippen LogP contribution in [0, 0.1) is 11.2 Å².